The molecule has 3 rings (SSSR count). The predicted molar refractivity (Wildman–Crippen MR) is 91.8 cm³/mol. The Hall–Kier alpha value is -2.27. The zero-order chi connectivity index (χ0) is 19.2. The van der Waals surface area contributed by atoms with Crippen LogP contribution in [0.25, 0.3) is 10.9 Å². The molecular weight excluding hydrogens is 389 g/mol. The number of hydrogen-bond acceptors (Lipinski definition) is 7. The van der Waals surface area contributed by atoms with E-state index in [1.807, 2.05) is 0 Å². The first kappa shape index (κ1) is 18.5. The molecule has 0 aliphatic carbocycles. The van der Waals surface area contributed by atoms with Crippen LogP contribution < -0.4 is 4.90 Å². The van der Waals surface area contributed by atoms with Crippen molar-refractivity contribution in [3.05, 3.63) is 17.2 Å². The lowest BCUT2D eigenvalue weighted by atomic mass is 10.1. The quantitative estimate of drug-likeness (QED) is 0.590. The third-order valence-electron chi connectivity index (χ3n) is 4.10. The molecule has 12 heteroatoms. The van der Waals surface area contributed by atoms with E-state index in [0.29, 0.717) is 0 Å². The van der Waals surface area contributed by atoms with Gasteiger partial charge in [-0.25, -0.2) is 32.6 Å². The van der Waals surface area contributed by atoms with E-state index in [9.17, 15) is 17.6 Å². The third-order valence-corrected chi connectivity index (χ3v) is 5.21. The number of hydrogen-bond donors (Lipinski definition) is 1. The van der Waals surface area contributed by atoms with Crippen LogP contribution in [0.5, 0.6) is 0 Å². The molecule has 1 unspecified atom stereocenters. The van der Waals surface area contributed by atoms with Gasteiger partial charge in [0, 0.05) is 38.1 Å². The lowest BCUT2D eigenvalue weighted by Crippen LogP contribution is -2.53. The van der Waals surface area contributed by atoms with Crippen LogP contribution in [0.4, 0.5) is 15.0 Å². The van der Waals surface area contributed by atoms with E-state index in [1.54, 1.807) is 11.8 Å². The highest BCUT2D eigenvalue weighted by atomic mass is 35.5. The summed E-state index contributed by atoms with van der Waals surface area (Å²) < 4.78 is 38.3. The van der Waals surface area contributed by atoms with Gasteiger partial charge in [-0.3, -0.25) is 0 Å². The van der Waals surface area contributed by atoms with Gasteiger partial charge in [0.15, 0.2) is 11.0 Å². The maximum absolute atomic E-state index is 14.4. The van der Waals surface area contributed by atoms with Crippen LogP contribution in [0.1, 0.15) is 6.92 Å². The number of halogens is 2. The number of carbonyl (C=O) groups is 1. The molecule has 1 amide bonds. The molecule has 1 saturated heterocycles. The summed E-state index contributed by atoms with van der Waals surface area (Å²) in [4.78, 5) is 25.8. The van der Waals surface area contributed by atoms with Crippen LogP contribution in [-0.2, 0) is 9.84 Å². The van der Waals surface area contributed by atoms with E-state index < -0.39 is 32.1 Å². The van der Waals surface area contributed by atoms with Gasteiger partial charge in [-0.05, 0) is 6.92 Å². The largest absolute Gasteiger partial charge is 0.465 e. The summed E-state index contributed by atoms with van der Waals surface area (Å²) >= 11 is 5.69. The molecule has 1 aliphatic rings. The van der Waals surface area contributed by atoms with Crippen molar-refractivity contribution in [3.63, 3.8) is 0 Å². The van der Waals surface area contributed by atoms with Gasteiger partial charge >= 0.3 is 6.09 Å². The third kappa shape index (κ3) is 3.23. The summed E-state index contributed by atoms with van der Waals surface area (Å²) in [7, 11) is -3.81. The molecule has 1 N–H and O–H groups in total. The molecule has 1 aliphatic heterocycles. The number of amides is 1. The lowest BCUT2D eigenvalue weighted by molar-refractivity contribution is 0.136. The first-order valence-corrected chi connectivity index (χ1v) is 9.83. The molecular formula is C14H15ClFN5O4S. The van der Waals surface area contributed by atoms with Gasteiger partial charge < -0.3 is 14.9 Å². The van der Waals surface area contributed by atoms with E-state index in [-0.39, 0.29) is 42.4 Å². The number of aromatic nitrogens is 3. The van der Waals surface area contributed by atoms with E-state index in [2.05, 4.69) is 15.0 Å². The zero-order valence-electron chi connectivity index (χ0n) is 13.8. The van der Waals surface area contributed by atoms with Gasteiger partial charge in [-0.1, -0.05) is 11.6 Å². The molecule has 2 aromatic rings. The fourth-order valence-corrected chi connectivity index (χ4v) is 3.48. The van der Waals surface area contributed by atoms with Crippen LogP contribution in [0.3, 0.4) is 0 Å². The Morgan fingerprint density at radius 3 is 2.65 bits per heavy atom. The Kier molecular flexibility index (Phi) is 4.61. The van der Waals surface area contributed by atoms with Crippen LogP contribution >= 0.6 is 11.6 Å². The molecule has 0 saturated carbocycles. The highest BCUT2D eigenvalue weighted by Crippen LogP contribution is 2.31. The van der Waals surface area contributed by atoms with Crippen LogP contribution in [0.2, 0.25) is 5.15 Å². The summed E-state index contributed by atoms with van der Waals surface area (Å²) in [6.45, 7) is 2.41. The Morgan fingerprint density at radius 1 is 1.38 bits per heavy atom. The summed E-state index contributed by atoms with van der Waals surface area (Å²) in [5, 5.41) is 8.38. The van der Waals surface area contributed by atoms with Crippen molar-refractivity contribution in [2.45, 2.75) is 18.1 Å². The predicted octanol–water partition coefficient (Wildman–Crippen LogP) is 1.41. The normalized spacial score (nSPS) is 18.4. The molecule has 0 radical (unpaired) electrons. The van der Waals surface area contributed by atoms with Gasteiger partial charge in [0.2, 0.25) is 15.0 Å². The molecule has 26 heavy (non-hydrogen) atoms. The second kappa shape index (κ2) is 6.47. The fourth-order valence-electron chi connectivity index (χ4n) is 2.83. The van der Waals surface area contributed by atoms with Crippen molar-refractivity contribution in [2.24, 2.45) is 0 Å². The minimum atomic E-state index is -3.81. The van der Waals surface area contributed by atoms with Crippen molar-refractivity contribution < 1.29 is 22.7 Å². The highest BCUT2D eigenvalue weighted by molar-refractivity contribution is 7.90. The SMILES string of the molecule is CC1CN(C(=O)O)CCN1c1nc(S(C)(=O)=O)nc2c(F)c(Cl)ncc12. The van der Waals surface area contributed by atoms with Crippen LogP contribution in [0.15, 0.2) is 11.4 Å². The van der Waals surface area contributed by atoms with Crippen molar-refractivity contribution in [1.82, 2.24) is 19.9 Å². The number of piperazine rings is 1. The second-order valence-corrected chi connectivity index (χ2v) is 8.27. The van der Waals surface area contributed by atoms with Gasteiger partial charge in [0.05, 0.1) is 5.39 Å². The van der Waals surface area contributed by atoms with Crippen molar-refractivity contribution in [3.8, 4) is 0 Å². The number of nitrogens with zero attached hydrogens (tertiary/aromatic N) is 5. The van der Waals surface area contributed by atoms with E-state index >= 15 is 0 Å². The second-order valence-electron chi connectivity index (χ2n) is 6.00. The number of anilines is 1. The summed E-state index contributed by atoms with van der Waals surface area (Å²) in [5.41, 5.74) is -0.247. The van der Waals surface area contributed by atoms with Gasteiger partial charge in [0.1, 0.15) is 11.3 Å². The van der Waals surface area contributed by atoms with Gasteiger partial charge in [-0.2, -0.15) is 0 Å². The Balaban J connectivity index is 2.19. The number of fused-ring (bicyclic) bond motifs is 1. The number of sulfone groups is 1. The molecule has 140 valence electrons. The summed E-state index contributed by atoms with van der Waals surface area (Å²) in [6, 6.07) is -0.316. The number of carboxylic acid groups (broad SMARTS) is 1. The minimum absolute atomic E-state index is 0.177. The first-order chi connectivity index (χ1) is 12.1. The summed E-state index contributed by atoms with van der Waals surface area (Å²) in [6.07, 6.45) is 1.16. The van der Waals surface area contributed by atoms with Crippen molar-refractivity contribution >= 4 is 44.3 Å². The van der Waals surface area contributed by atoms with Gasteiger partial charge in [-0.15, -0.1) is 0 Å². The maximum Gasteiger partial charge on any atom is 0.407 e. The molecule has 0 aromatic carbocycles. The first-order valence-electron chi connectivity index (χ1n) is 7.56. The number of rotatable bonds is 2. The minimum Gasteiger partial charge on any atom is -0.465 e. The lowest BCUT2D eigenvalue weighted by Gasteiger charge is -2.39. The molecule has 3 heterocycles. The Bertz CT molecular complexity index is 1000. The standard InChI is InChI=1S/C14H15ClFN5O4S/c1-7-6-20(14(22)23)3-4-21(7)12-8-5-17-11(15)9(16)10(8)18-13(19-12)26(2,24)25/h5,7H,3-4,6H2,1-2H3,(H,22,23). The zero-order valence-corrected chi connectivity index (χ0v) is 15.4. The molecule has 9 nitrogen and oxygen atoms in total. The van der Waals surface area contributed by atoms with E-state index in [0.717, 1.165) is 6.26 Å². The van der Waals surface area contributed by atoms with Crippen molar-refractivity contribution in [1.29, 1.82) is 0 Å². The van der Waals surface area contributed by atoms with Crippen LogP contribution in [-0.4, -0.2) is 71.4 Å². The molecule has 1 fully saturated rings. The van der Waals surface area contributed by atoms with Gasteiger partial charge in [0.25, 0.3) is 0 Å². The fraction of sp³-hybridized carbons (Fsp3) is 0.429. The molecule has 1 atom stereocenters. The highest BCUT2D eigenvalue weighted by Gasteiger charge is 2.30. The smallest absolute Gasteiger partial charge is 0.407 e. The van der Waals surface area contributed by atoms with E-state index in [4.69, 9.17) is 16.7 Å². The maximum atomic E-state index is 14.4. The molecule has 0 bridgehead atoms. The Labute approximate surface area is 153 Å². The van der Waals surface area contributed by atoms with Crippen molar-refractivity contribution in [2.75, 3.05) is 30.8 Å². The Morgan fingerprint density at radius 2 is 2.08 bits per heavy atom. The molecule has 2 aromatic heterocycles. The molecule has 0 spiro atoms. The average molecular weight is 404 g/mol. The van der Waals surface area contributed by atoms with Crippen LogP contribution in [0, 0.1) is 5.82 Å². The average Bonchev–Trinajstić information content (AvgIpc) is 2.56. The topological polar surface area (TPSA) is 117 Å². The monoisotopic (exact) mass is 403 g/mol. The number of pyridine rings is 1. The van der Waals surface area contributed by atoms with E-state index in [1.165, 1.54) is 11.1 Å². The summed E-state index contributed by atoms with van der Waals surface area (Å²) in [5.74, 6) is -0.759.